The number of fused-ring (bicyclic) bond motifs is 2. The predicted molar refractivity (Wildman–Crippen MR) is 123 cm³/mol. The fourth-order valence-corrected chi connectivity index (χ4v) is 5.06. The summed E-state index contributed by atoms with van der Waals surface area (Å²) in [5, 5.41) is 1.85. The van der Waals surface area contributed by atoms with Gasteiger partial charge in [0.05, 0.1) is 16.7 Å². The number of amides is 1. The number of imidazole rings is 1. The monoisotopic (exact) mass is 452 g/mol. The Morgan fingerprint density at radius 3 is 2.50 bits per heavy atom. The number of hydrogen-bond donors (Lipinski definition) is 0. The number of thiazole rings is 1. The summed E-state index contributed by atoms with van der Waals surface area (Å²) in [4.78, 5) is 47.2. The second-order valence-corrected chi connectivity index (χ2v) is 8.77. The van der Waals surface area contributed by atoms with Crippen LogP contribution in [-0.4, -0.2) is 60.4 Å². The van der Waals surface area contributed by atoms with Gasteiger partial charge < -0.3 is 4.90 Å². The van der Waals surface area contributed by atoms with Crippen LogP contribution >= 0.6 is 11.3 Å². The third kappa shape index (κ3) is 3.65. The van der Waals surface area contributed by atoms with Crippen LogP contribution in [0.5, 0.6) is 0 Å². The largest absolute Gasteiger partial charge is 0.339 e. The van der Waals surface area contributed by atoms with Gasteiger partial charge in [-0.25, -0.2) is 9.78 Å². The lowest BCUT2D eigenvalue weighted by atomic mass is 10.2. The number of aryl methyl sites for hydroxylation is 1. The second kappa shape index (κ2) is 8.36. The SMILES string of the molecule is CCn1c(=O)n(CC(=O)N2CCN(Cc3cc(=O)n4ccsc4n3)CC2)c2ccccc21. The lowest BCUT2D eigenvalue weighted by molar-refractivity contribution is -0.133. The van der Waals surface area contributed by atoms with Crippen LogP contribution in [0.25, 0.3) is 16.0 Å². The Labute approximate surface area is 187 Å². The van der Waals surface area contributed by atoms with Gasteiger partial charge in [-0.2, -0.15) is 0 Å². The number of piperazine rings is 1. The molecule has 9 nitrogen and oxygen atoms in total. The predicted octanol–water partition coefficient (Wildman–Crippen LogP) is 1.24. The van der Waals surface area contributed by atoms with Gasteiger partial charge in [0.2, 0.25) is 5.91 Å². The summed E-state index contributed by atoms with van der Waals surface area (Å²) < 4.78 is 4.81. The standard InChI is InChI=1S/C22H24N6O3S/c1-2-26-17-5-3-4-6-18(17)28(22(26)31)15-20(30)25-9-7-24(8-10-25)14-16-13-19(29)27-11-12-32-21(27)23-16/h3-6,11-13H,2,7-10,14-15H2,1H3. The molecule has 32 heavy (non-hydrogen) atoms. The van der Waals surface area contributed by atoms with E-state index in [-0.39, 0.29) is 23.7 Å². The molecule has 1 fully saturated rings. The number of nitrogens with zero attached hydrogens (tertiary/aromatic N) is 6. The average Bonchev–Trinajstić information content (AvgIpc) is 3.37. The molecule has 1 saturated heterocycles. The third-order valence-electron chi connectivity index (χ3n) is 6.00. The van der Waals surface area contributed by atoms with Crippen molar-refractivity contribution in [3.8, 4) is 0 Å². The topological polar surface area (TPSA) is 84.9 Å². The first kappa shape index (κ1) is 20.7. The molecular weight excluding hydrogens is 428 g/mol. The fraction of sp³-hybridized carbons (Fsp3) is 0.364. The van der Waals surface area contributed by atoms with Crippen LogP contribution in [0.2, 0.25) is 0 Å². The molecule has 0 unspecified atom stereocenters. The number of aromatic nitrogens is 4. The molecule has 0 atom stereocenters. The van der Waals surface area contributed by atoms with Gasteiger partial charge in [-0.1, -0.05) is 12.1 Å². The minimum Gasteiger partial charge on any atom is -0.339 e. The van der Waals surface area contributed by atoms with E-state index in [9.17, 15) is 14.4 Å². The molecule has 166 valence electrons. The Morgan fingerprint density at radius 2 is 1.78 bits per heavy atom. The Kier molecular flexibility index (Phi) is 5.40. The van der Waals surface area contributed by atoms with Crippen molar-refractivity contribution in [2.45, 2.75) is 26.6 Å². The van der Waals surface area contributed by atoms with E-state index in [1.165, 1.54) is 11.3 Å². The second-order valence-electron chi connectivity index (χ2n) is 7.90. The van der Waals surface area contributed by atoms with Crippen molar-refractivity contribution in [3.63, 3.8) is 0 Å². The van der Waals surface area contributed by atoms with Crippen LogP contribution < -0.4 is 11.2 Å². The molecule has 1 aliphatic rings. The zero-order valence-corrected chi connectivity index (χ0v) is 18.6. The molecule has 0 N–H and O–H groups in total. The summed E-state index contributed by atoms with van der Waals surface area (Å²) in [5.41, 5.74) is 2.16. The number of carbonyl (C=O) groups is 1. The van der Waals surface area contributed by atoms with Gasteiger partial charge in [0.1, 0.15) is 6.54 Å². The smallest absolute Gasteiger partial charge is 0.329 e. The molecule has 10 heteroatoms. The molecule has 5 rings (SSSR count). The van der Waals surface area contributed by atoms with Crippen LogP contribution in [0.15, 0.2) is 51.5 Å². The van der Waals surface area contributed by atoms with Crippen LogP contribution in [0.1, 0.15) is 12.6 Å². The van der Waals surface area contributed by atoms with Crippen molar-refractivity contribution in [1.82, 2.24) is 28.3 Å². The zero-order valence-electron chi connectivity index (χ0n) is 17.8. The lowest BCUT2D eigenvalue weighted by Crippen LogP contribution is -2.49. The molecule has 0 bridgehead atoms. The molecular formula is C22H24N6O3S. The van der Waals surface area contributed by atoms with Crippen molar-refractivity contribution < 1.29 is 4.79 Å². The highest BCUT2D eigenvalue weighted by Gasteiger charge is 2.23. The number of benzene rings is 1. The van der Waals surface area contributed by atoms with Crippen molar-refractivity contribution in [2.24, 2.45) is 0 Å². The Hall–Kier alpha value is -3.24. The Morgan fingerprint density at radius 1 is 1.06 bits per heavy atom. The van der Waals surface area contributed by atoms with Gasteiger partial charge in [-0.15, -0.1) is 11.3 Å². The summed E-state index contributed by atoms with van der Waals surface area (Å²) in [7, 11) is 0. The van der Waals surface area contributed by atoms with E-state index in [1.54, 1.807) is 25.8 Å². The van der Waals surface area contributed by atoms with E-state index < -0.39 is 0 Å². The Bertz CT molecular complexity index is 1410. The number of carbonyl (C=O) groups excluding carboxylic acids is 1. The van der Waals surface area contributed by atoms with Crippen LogP contribution in [-0.2, 0) is 24.4 Å². The van der Waals surface area contributed by atoms with Crippen molar-refractivity contribution in [2.75, 3.05) is 26.2 Å². The highest BCUT2D eigenvalue weighted by molar-refractivity contribution is 7.15. The summed E-state index contributed by atoms with van der Waals surface area (Å²) in [6.07, 6.45) is 1.73. The maximum atomic E-state index is 13.0. The van der Waals surface area contributed by atoms with Gasteiger partial charge in [-0.05, 0) is 19.1 Å². The zero-order chi connectivity index (χ0) is 22.2. The molecule has 0 aliphatic carbocycles. The molecule has 1 aliphatic heterocycles. The summed E-state index contributed by atoms with van der Waals surface area (Å²) >= 11 is 1.44. The van der Waals surface area contributed by atoms with E-state index in [0.717, 1.165) is 16.7 Å². The maximum Gasteiger partial charge on any atom is 0.329 e. The molecule has 3 aromatic heterocycles. The lowest BCUT2D eigenvalue weighted by Gasteiger charge is -2.34. The first-order chi connectivity index (χ1) is 15.5. The van der Waals surface area contributed by atoms with Crippen LogP contribution in [0, 0.1) is 0 Å². The van der Waals surface area contributed by atoms with E-state index >= 15 is 0 Å². The van der Waals surface area contributed by atoms with E-state index in [2.05, 4.69) is 9.88 Å². The summed E-state index contributed by atoms with van der Waals surface area (Å²) in [6, 6.07) is 9.16. The first-order valence-electron chi connectivity index (χ1n) is 10.7. The normalized spacial score (nSPS) is 15.1. The number of hydrogen-bond acceptors (Lipinski definition) is 6. The van der Waals surface area contributed by atoms with Crippen molar-refractivity contribution >= 4 is 33.2 Å². The first-order valence-corrected chi connectivity index (χ1v) is 11.6. The highest BCUT2D eigenvalue weighted by atomic mass is 32.1. The number of rotatable bonds is 5. The molecule has 0 radical (unpaired) electrons. The van der Waals surface area contributed by atoms with Crippen LogP contribution in [0.4, 0.5) is 0 Å². The molecule has 0 saturated carbocycles. The van der Waals surface area contributed by atoms with Gasteiger partial charge in [-0.3, -0.25) is 28.0 Å². The minimum absolute atomic E-state index is 0.0414. The third-order valence-corrected chi connectivity index (χ3v) is 6.76. The average molecular weight is 453 g/mol. The minimum atomic E-state index is -0.151. The van der Waals surface area contributed by atoms with Crippen LogP contribution in [0.3, 0.4) is 0 Å². The molecule has 0 spiro atoms. The van der Waals surface area contributed by atoms with E-state index in [1.807, 2.05) is 41.5 Å². The quantitative estimate of drug-likeness (QED) is 0.455. The molecule has 1 aromatic carbocycles. The molecule has 4 aromatic rings. The van der Waals surface area contributed by atoms with Crippen molar-refractivity contribution in [3.05, 3.63) is 68.4 Å². The van der Waals surface area contributed by atoms with E-state index in [4.69, 9.17) is 0 Å². The summed E-state index contributed by atoms with van der Waals surface area (Å²) in [6.45, 7) is 5.67. The maximum absolute atomic E-state index is 13.0. The number of para-hydroxylation sites is 2. The van der Waals surface area contributed by atoms with Gasteiger partial charge in [0.25, 0.3) is 5.56 Å². The molecule has 1 amide bonds. The fourth-order valence-electron chi connectivity index (χ4n) is 4.32. The highest BCUT2D eigenvalue weighted by Crippen LogP contribution is 2.14. The van der Waals surface area contributed by atoms with Gasteiger partial charge in [0.15, 0.2) is 4.96 Å². The summed E-state index contributed by atoms with van der Waals surface area (Å²) in [5.74, 6) is -0.0536. The Balaban J connectivity index is 1.25. The van der Waals surface area contributed by atoms with Gasteiger partial charge >= 0.3 is 5.69 Å². The van der Waals surface area contributed by atoms with E-state index in [0.29, 0.717) is 44.2 Å². The van der Waals surface area contributed by atoms with Gasteiger partial charge in [0, 0.05) is 56.9 Å². The van der Waals surface area contributed by atoms with Crippen molar-refractivity contribution in [1.29, 1.82) is 0 Å². The molecule has 4 heterocycles.